The van der Waals surface area contributed by atoms with Crippen molar-refractivity contribution in [1.29, 1.82) is 0 Å². The third-order valence-electron chi connectivity index (χ3n) is 4.13. The van der Waals surface area contributed by atoms with Crippen LogP contribution in [0, 0.1) is 6.92 Å². The number of benzene rings is 2. The zero-order valence-electron chi connectivity index (χ0n) is 16.0. The largest absolute Gasteiger partial charge is 0.496 e. The second-order valence-corrected chi connectivity index (χ2v) is 7.20. The monoisotopic (exact) mass is 386 g/mol. The van der Waals surface area contributed by atoms with Crippen LogP contribution in [0.15, 0.2) is 48.5 Å². The van der Waals surface area contributed by atoms with Crippen molar-refractivity contribution in [1.82, 2.24) is 10.6 Å². The molecule has 0 saturated carbocycles. The maximum atomic E-state index is 12.7. The van der Waals surface area contributed by atoms with Gasteiger partial charge in [0.15, 0.2) is 0 Å². The molecular weight excluding hydrogens is 360 g/mol. The lowest BCUT2D eigenvalue weighted by atomic mass is 10.1. The predicted molar refractivity (Wildman–Crippen MR) is 110 cm³/mol. The first-order valence-corrected chi connectivity index (χ1v) is 10.2. The fourth-order valence-corrected chi connectivity index (χ4v) is 3.18. The van der Waals surface area contributed by atoms with Crippen molar-refractivity contribution in [2.24, 2.45) is 0 Å². The first kappa shape index (κ1) is 20.8. The van der Waals surface area contributed by atoms with Gasteiger partial charge in [-0.25, -0.2) is 0 Å². The Morgan fingerprint density at radius 2 is 1.93 bits per heavy atom. The summed E-state index contributed by atoms with van der Waals surface area (Å²) in [4.78, 5) is 25.3. The van der Waals surface area contributed by atoms with Gasteiger partial charge in [-0.05, 0) is 43.0 Å². The summed E-state index contributed by atoms with van der Waals surface area (Å²) >= 11 is 1.64. The maximum Gasteiger partial charge on any atom is 0.255 e. The highest BCUT2D eigenvalue weighted by molar-refractivity contribution is 7.98. The normalized spacial score (nSPS) is 11.5. The highest BCUT2D eigenvalue weighted by Gasteiger charge is 2.22. The Morgan fingerprint density at radius 3 is 2.63 bits per heavy atom. The fourth-order valence-electron chi connectivity index (χ4n) is 2.71. The van der Waals surface area contributed by atoms with Gasteiger partial charge in [0.05, 0.1) is 12.7 Å². The van der Waals surface area contributed by atoms with Gasteiger partial charge in [-0.15, -0.1) is 0 Å². The van der Waals surface area contributed by atoms with Gasteiger partial charge in [0.2, 0.25) is 5.91 Å². The van der Waals surface area contributed by atoms with Crippen molar-refractivity contribution in [3.8, 4) is 5.75 Å². The van der Waals surface area contributed by atoms with Gasteiger partial charge < -0.3 is 15.4 Å². The van der Waals surface area contributed by atoms with Crippen molar-refractivity contribution in [3.63, 3.8) is 0 Å². The number of hydrogen-bond acceptors (Lipinski definition) is 4. The molecule has 0 bridgehead atoms. The molecule has 0 spiro atoms. The SMILES string of the molecule is COc1ccccc1C(=O)NC(CCSC)C(=O)NCc1cccc(C)c1. The van der Waals surface area contributed by atoms with Crippen LogP contribution in [0.4, 0.5) is 0 Å². The van der Waals surface area contributed by atoms with E-state index >= 15 is 0 Å². The van der Waals surface area contributed by atoms with Crippen LogP contribution in [-0.2, 0) is 11.3 Å². The highest BCUT2D eigenvalue weighted by Crippen LogP contribution is 2.17. The number of rotatable bonds is 9. The standard InChI is InChI=1S/C21H26N2O3S/c1-15-7-6-8-16(13-15)14-22-21(25)18(11-12-27-3)23-20(24)17-9-4-5-10-19(17)26-2/h4-10,13,18H,11-12,14H2,1-3H3,(H,22,25)(H,23,24). The lowest BCUT2D eigenvalue weighted by Gasteiger charge is -2.19. The van der Waals surface area contributed by atoms with Gasteiger partial charge in [-0.3, -0.25) is 9.59 Å². The van der Waals surface area contributed by atoms with E-state index in [0.29, 0.717) is 24.3 Å². The molecule has 0 aliphatic rings. The van der Waals surface area contributed by atoms with E-state index < -0.39 is 6.04 Å². The minimum atomic E-state index is -0.598. The van der Waals surface area contributed by atoms with Gasteiger partial charge in [-0.2, -0.15) is 11.8 Å². The summed E-state index contributed by atoms with van der Waals surface area (Å²) in [6.07, 6.45) is 2.53. The molecule has 6 heteroatoms. The molecule has 144 valence electrons. The van der Waals surface area contributed by atoms with E-state index in [0.717, 1.165) is 16.9 Å². The van der Waals surface area contributed by atoms with Crippen molar-refractivity contribution in [2.75, 3.05) is 19.1 Å². The third kappa shape index (κ3) is 6.32. The van der Waals surface area contributed by atoms with E-state index in [1.165, 1.54) is 7.11 Å². The van der Waals surface area contributed by atoms with Crippen LogP contribution >= 0.6 is 11.8 Å². The topological polar surface area (TPSA) is 67.4 Å². The summed E-state index contributed by atoms with van der Waals surface area (Å²) in [6, 6.07) is 14.4. The van der Waals surface area contributed by atoms with E-state index in [4.69, 9.17) is 4.74 Å². The number of hydrogen-bond donors (Lipinski definition) is 2. The smallest absolute Gasteiger partial charge is 0.255 e. The van der Waals surface area contributed by atoms with E-state index in [1.807, 2.05) is 37.4 Å². The van der Waals surface area contributed by atoms with Crippen molar-refractivity contribution >= 4 is 23.6 Å². The van der Waals surface area contributed by atoms with Crippen LogP contribution in [0.3, 0.4) is 0 Å². The molecule has 5 nitrogen and oxygen atoms in total. The predicted octanol–water partition coefficient (Wildman–Crippen LogP) is 3.17. The Labute approximate surface area is 164 Å². The number of para-hydroxylation sites is 1. The summed E-state index contributed by atoms with van der Waals surface area (Å²) in [5.74, 6) is 0.756. The van der Waals surface area contributed by atoms with E-state index in [2.05, 4.69) is 10.6 Å². The summed E-state index contributed by atoms with van der Waals surface area (Å²) in [5, 5.41) is 5.77. The summed E-state index contributed by atoms with van der Waals surface area (Å²) in [5.41, 5.74) is 2.59. The van der Waals surface area contributed by atoms with Crippen LogP contribution < -0.4 is 15.4 Å². The quantitative estimate of drug-likeness (QED) is 0.695. The molecule has 0 aliphatic carbocycles. The van der Waals surface area contributed by atoms with Crippen molar-refractivity contribution < 1.29 is 14.3 Å². The molecular formula is C21H26N2O3S. The molecule has 0 aliphatic heterocycles. The number of carbonyl (C=O) groups excluding carboxylic acids is 2. The van der Waals surface area contributed by atoms with Crippen LogP contribution in [0.25, 0.3) is 0 Å². The molecule has 0 fully saturated rings. The summed E-state index contributed by atoms with van der Waals surface area (Å²) in [6.45, 7) is 2.45. The Kier molecular flexibility index (Phi) is 8.20. The molecule has 0 saturated heterocycles. The number of carbonyl (C=O) groups is 2. The average molecular weight is 387 g/mol. The molecule has 0 aromatic heterocycles. The second kappa shape index (κ2) is 10.6. The molecule has 2 aromatic carbocycles. The molecule has 1 unspecified atom stereocenters. The molecule has 1 atom stereocenters. The molecule has 2 aromatic rings. The Morgan fingerprint density at radius 1 is 1.15 bits per heavy atom. The highest BCUT2D eigenvalue weighted by atomic mass is 32.2. The Bertz CT molecular complexity index is 780. The van der Waals surface area contributed by atoms with Crippen LogP contribution in [-0.4, -0.2) is 37.0 Å². The Hall–Kier alpha value is -2.47. The number of ether oxygens (including phenoxy) is 1. The summed E-state index contributed by atoms with van der Waals surface area (Å²) < 4.78 is 5.24. The minimum Gasteiger partial charge on any atom is -0.496 e. The van der Waals surface area contributed by atoms with Crippen LogP contribution in [0.2, 0.25) is 0 Å². The minimum absolute atomic E-state index is 0.186. The van der Waals surface area contributed by atoms with Gasteiger partial charge >= 0.3 is 0 Å². The molecule has 2 amide bonds. The zero-order chi connectivity index (χ0) is 19.6. The molecule has 2 N–H and O–H groups in total. The lowest BCUT2D eigenvalue weighted by Crippen LogP contribution is -2.47. The van der Waals surface area contributed by atoms with Crippen molar-refractivity contribution in [2.45, 2.75) is 25.9 Å². The van der Waals surface area contributed by atoms with Gasteiger partial charge in [-0.1, -0.05) is 42.0 Å². The number of aryl methyl sites for hydroxylation is 1. The van der Waals surface area contributed by atoms with Gasteiger partial charge in [0, 0.05) is 6.54 Å². The fraction of sp³-hybridized carbons (Fsp3) is 0.333. The zero-order valence-corrected chi connectivity index (χ0v) is 16.8. The van der Waals surface area contributed by atoms with Crippen LogP contribution in [0.1, 0.15) is 27.9 Å². The molecule has 2 rings (SSSR count). The second-order valence-electron chi connectivity index (χ2n) is 6.21. The first-order valence-electron chi connectivity index (χ1n) is 8.81. The van der Waals surface area contributed by atoms with Gasteiger partial charge in [0.1, 0.15) is 11.8 Å². The summed E-state index contributed by atoms with van der Waals surface area (Å²) in [7, 11) is 1.52. The number of thioether (sulfide) groups is 1. The average Bonchev–Trinajstić information content (AvgIpc) is 2.69. The lowest BCUT2D eigenvalue weighted by molar-refractivity contribution is -0.123. The maximum absolute atomic E-state index is 12.7. The number of methoxy groups -OCH3 is 1. The molecule has 0 heterocycles. The number of nitrogens with one attached hydrogen (secondary N) is 2. The van der Waals surface area contributed by atoms with Gasteiger partial charge in [0.25, 0.3) is 5.91 Å². The van der Waals surface area contributed by atoms with E-state index in [9.17, 15) is 9.59 Å². The van der Waals surface area contributed by atoms with Crippen LogP contribution in [0.5, 0.6) is 5.75 Å². The third-order valence-corrected chi connectivity index (χ3v) is 4.78. The molecule has 0 radical (unpaired) electrons. The Balaban J connectivity index is 2.04. The van der Waals surface area contributed by atoms with Crippen molar-refractivity contribution in [3.05, 3.63) is 65.2 Å². The van der Waals surface area contributed by atoms with E-state index in [-0.39, 0.29) is 11.8 Å². The molecule has 27 heavy (non-hydrogen) atoms. The first-order chi connectivity index (χ1) is 13.0. The van der Waals surface area contributed by atoms with E-state index in [1.54, 1.807) is 36.0 Å². The number of amides is 2.